The zero-order chi connectivity index (χ0) is 34.6. The number of nitrogens with one attached hydrogen (secondary N) is 1. The third kappa shape index (κ3) is 6.77. The molecule has 3 saturated heterocycles. The molecule has 0 unspecified atom stereocenters. The van der Waals surface area contributed by atoms with Crippen molar-refractivity contribution in [2.24, 2.45) is 22.7 Å². The molecule has 1 N–H and O–H groups in total. The number of hydrogen-bond donors (Lipinski definition) is 1. The molecule has 0 spiro atoms. The van der Waals surface area contributed by atoms with Gasteiger partial charge in [-0.05, 0) is 112 Å². The Morgan fingerprint density at radius 3 is 2.56 bits per heavy atom. The van der Waals surface area contributed by atoms with Gasteiger partial charge in [-0.15, -0.1) is 0 Å². The van der Waals surface area contributed by atoms with Crippen LogP contribution in [0.15, 0.2) is 35.9 Å². The molecule has 3 aliphatic heterocycles. The largest absolute Gasteiger partial charge is 0.482 e. The minimum absolute atomic E-state index is 0.0601. The number of alkyl carbamates (subject to hydrolysis) is 1. The molecule has 1 aromatic rings. The highest BCUT2D eigenvalue weighted by molar-refractivity contribution is 6.47. The van der Waals surface area contributed by atoms with Gasteiger partial charge in [0.25, 0.3) is 5.91 Å². The van der Waals surface area contributed by atoms with Gasteiger partial charge in [-0.3, -0.25) is 9.69 Å². The molecule has 0 radical (unpaired) electrons. The lowest BCUT2D eigenvalue weighted by atomic mass is 9.43. The molecule has 2 amide bonds. The third-order valence-corrected chi connectivity index (χ3v) is 12.2. The average Bonchev–Trinajstić information content (AvgIpc) is 3.59. The first kappa shape index (κ1) is 34.9. The maximum absolute atomic E-state index is 13.7. The zero-order valence-electron chi connectivity index (χ0n) is 29.7. The summed E-state index contributed by atoms with van der Waals surface area (Å²) in [6, 6.07) is 8.37. The van der Waals surface area contributed by atoms with E-state index in [0.717, 1.165) is 37.9 Å². The first-order valence-corrected chi connectivity index (χ1v) is 17.7. The van der Waals surface area contributed by atoms with Gasteiger partial charge in [0.2, 0.25) is 0 Å². The summed E-state index contributed by atoms with van der Waals surface area (Å²) in [5.41, 5.74) is 0.417. The lowest BCUT2D eigenvalue weighted by Crippen LogP contribution is -2.65. The van der Waals surface area contributed by atoms with E-state index in [1.807, 2.05) is 13.8 Å². The summed E-state index contributed by atoms with van der Waals surface area (Å²) in [5, 5.41) is 13.0. The van der Waals surface area contributed by atoms with Crippen molar-refractivity contribution >= 4 is 19.1 Å². The van der Waals surface area contributed by atoms with E-state index in [0.29, 0.717) is 37.6 Å². The number of carbonyl (C=O) groups is 2. The predicted octanol–water partition coefficient (Wildman–Crippen LogP) is 5.68. The van der Waals surface area contributed by atoms with Crippen LogP contribution < -0.4 is 5.32 Å². The second kappa shape index (κ2) is 12.7. The summed E-state index contributed by atoms with van der Waals surface area (Å²) in [7, 11) is -0.690. The molecule has 3 aliphatic carbocycles. The number of hydrogen-bond acceptors (Lipinski definition) is 7. The number of nitriles is 1. The third-order valence-electron chi connectivity index (χ3n) is 12.2. The number of carbonyl (C=O) groups excluding carboxylic acids is 2. The molecule has 3 saturated carbocycles. The van der Waals surface area contributed by atoms with Crippen LogP contribution in [0.25, 0.3) is 0 Å². The summed E-state index contributed by atoms with van der Waals surface area (Å²) in [5.74, 6) is -0.285. The average molecular weight is 663 g/mol. The predicted molar refractivity (Wildman–Crippen MR) is 181 cm³/mol. The van der Waals surface area contributed by atoms with E-state index in [1.165, 1.54) is 12.1 Å². The lowest BCUT2D eigenvalue weighted by Gasteiger charge is -2.64. The van der Waals surface area contributed by atoms with Crippen LogP contribution in [0.5, 0.6) is 0 Å². The molecule has 260 valence electrons. The van der Waals surface area contributed by atoms with Crippen molar-refractivity contribution < 1.29 is 28.0 Å². The molecule has 7 rings (SSSR count). The second-order valence-corrected chi connectivity index (χ2v) is 17.0. The molecule has 3 heterocycles. The van der Waals surface area contributed by atoms with E-state index in [1.54, 1.807) is 23.1 Å². The topological polar surface area (TPSA) is 104 Å². The van der Waals surface area contributed by atoms with E-state index < -0.39 is 36.4 Å². The maximum Gasteiger partial charge on any atom is 0.482 e. The van der Waals surface area contributed by atoms with Gasteiger partial charge in [-0.25, -0.2) is 9.18 Å². The molecule has 1 aromatic carbocycles. The SMILES string of the molecule is CC1(C)CCN(C(C)(C)C=C(C#N)C(=O)N2CCC[C@H](OC(=O)N[C@@H](Cc3ccc(F)cc3)B3O[C@@H]4C[C@@H]5C[C@@H](C5(C)C)[C@]4(C)O3)C2)C1. The fourth-order valence-electron chi connectivity index (χ4n) is 9.08. The molecule has 6 atom stereocenters. The molecular formula is C37H52BFN4O5. The summed E-state index contributed by atoms with van der Waals surface area (Å²) in [4.78, 5) is 31.0. The van der Waals surface area contributed by atoms with Crippen molar-refractivity contribution in [2.75, 3.05) is 26.2 Å². The van der Waals surface area contributed by atoms with Gasteiger partial charge in [0, 0.05) is 18.6 Å². The number of piperidine rings is 1. The molecule has 11 heteroatoms. The lowest BCUT2D eigenvalue weighted by molar-refractivity contribution is -0.199. The van der Waals surface area contributed by atoms with Crippen LogP contribution in [0.1, 0.15) is 86.1 Å². The number of benzene rings is 1. The smallest absolute Gasteiger partial charge is 0.444 e. The van der Waals surface area contributed by atoms with Crippen molar-refractivity contribution in [1.82, 2.24) is 15.1 Å². The first-order chi connectivity index (χ1) is 22.5. The summed E-state index contributed by atoms with van der Waals surface area (Å²) < 4.78 is 32.9. The standard InChI is InChI=1S/C37H52BFN4O5/c1-34(2)14-16-43(23-34)35(3,4)20-25(21-40)32(44)42-15-8-9-28(22-42)46-33(45)41-31(17-24-10-12-27(39)13-11-24)38-47-30-19-26-18-29(36(26,5)6)37(30,7)48-38/h10-13,20,26,28-31H,8-9,14-19,22-23H2,1-7H3,(H,41,45)/t26-,28-,29-,30+,31-,37-/m0/s1. The molecule has 48 heavy (non-hydrogen) atoms. The fourth-order valence-corrected chi connectivity index (χ4v) is 9.08. The van der Waals surface area contributed by atoms with Crippen molar-refractivity contribution in [3.63, 3.8) is 0 Å². The van der Waals surface area contributed by atoms with Gasteiger partial charge < -0.3 is 24.3 Å². The Bertz CT molecular complexity index is 1470. The number of halogens is 1. The van der Waals surface area contributed by atoms with Crippen molar-refractivity contribution in [3.05, 3.63) is 47.3 Å². The molecule has 2 bridgehead atoms. The monoisotopic (exact) mass is 662 g/mol. The van der Waals surface area contributed by atoms with Gasteiger partial charge in [0.15, 0.2) is 0 Å². The minimum atomic E-state index is -0.690. The quantitative estimate of drug-likeness (QED) is 0.217. The van der Waals surface area contributed by atoms with Gasteiger partial charge in [0.1, 0.15) is 23.6 Å². The number of nitrogens with zero attached hydrogens (tertiary/aromatic N) is 3. The number of amides is 2. The first-order valence-electron chi connectivity index (χ1n) is 17.7. The van der Waals surface area contributed by atoms with E-state index in [4.69, 9.17) is 14.0 Å². The Balaban J connectivity index is 1.11. The van der Waals surface area contributed by atoms with Gasteiger partial charge in [-0.1, -0.05) is 39.8 Å². The Morgan fingerprint density at radius 2 is 1.92 bits per heavy atom. The van der Waals surface area contributed by atoms with Crippen LogP contribution in [0.3, 0.4) is 0 Å². The van der Waals surface area contributed by atoms with E-state index in [2.05, 4.69) is 50.9 Å². The van der Waals surface area contributed by atoms with E-state index in [-0.39, 0.29) is 40.8 Å². The number of rotatable bonds is 8. The fraction of sp³-hybridized carbons (Fsp3) is 0.703. The Labute approximate surface area is 285 Å². The molecule has 0 aromatic heterocycles. The zero-order valence-corrected chi connectivity index (χ0v) is 29.7. The van der Waals surface area contributed by atoms with Crippen molar-refractivity contribution in [3.8, 4) is 6.07 Å². The molecular weight excluding hydrogens is 610 g/mol. The highest BCUT2D eigenvalue weighted by Crippen LogP contribution is 2.65. The summed E-state index contributed by atoms with van der Waals surface area (Å²) in [6.45, 7) is 17.8. The van der Waals surface area contributed by atoms with Gasteiger partial charge in [-0.2, -0.15) is 5.26 Å². The maximum atomic E-state index is 13.7. The van der Waals surface area contributed by atoms with Gasteiger partial charge >= 0.3 is 13.2 Å². The van der Waals surface area contributed by atoms with E-state index >= 15 is 0 Å². The minimum Gasteiger partial charge on any atom is -0.444 e. The van der Waals surface area contributed by atoms with Crippen molar-refractivity contribution in [2.45, 2.75) is 116 Å². The summed E-state index contributed by atoms with van der Waals surface area (Å²) >= 11 is 0. The van der Waals surface area contributed by atoms with Crippen LogP contribution in [0.2, 0.25) is 0 Å². The van der Waals surface area contributed by atoms with Crippen LogP contribution in [-0.2, 0) is 25.3 Å². The van der Waals surface area contributed by atoms with Gasteiger partial charge in [0.05, 0.1) is 24.2 Å². The van der Waals surface area contributed by atoms with E-state index in [9.17, 15) is 19.2 Å². The number of likely N-dealkylation sites (tertiary alicyclic amines) is 2. The van der Waals surface area contributed by atoms with Crippen LogP contribution in [0.4, 0.5) is 9.18 Å². The normalized spacial score (nSPS) is 31.8. The van der Waals surface area contributed by atoms with Crippen LogP contribution >= 0.6 is 0 Å². The van der Waals surface area contributed by atoms with Crippen molar-refractivity contribution in [1.29, 1.82) is 5.26 Å². The molecule has 6 aliphatic rings. The summed E-state index contributed by atoms with van der Waals surface area (Å²) in [6.07, 6.45) is 5.31. The molecule has 6 fully saturated rings. The number of ether oxygens (including phenoxy) is 1. The molecule has 9 nitrogen and oxygen atoms in total. The Kier molecular flexibility index (Phi) is 9.27. The Morgan fingerprint density at radius 1 is 1.19 bits per heavy atom. The van der Waals surface area contributed by atoms with Crippen LogP contribution in [-0.4, -0.2) is 84.4 Å². The highest BCUT2D eigenvalue weighted by Gasteiger charge is 2.68. The second-order valence-electron chi connectivity index (χ2n) is 17.0. The Hall–Kier alpha value is -2.94. The highest BCUT2D eigenvalue weighted by atomic mass is 19.1. The van der Waals surface area contributed by atoms with Crippen LogP contribution in [0, 0.1) is 39.8 Å².